The number of hydrogen-bond acceptors (Lipinski definition) is 6. The third-order valence-corrected chi connectivity index (χ3v) is 15.7. The number of carboxylic acids is 2. The molecule has 5 rings (SSSR count). The molecule has 0 radical (unpaired) electrons. The number of aliphatic carboxylic acids is 2. The van der Waals surface area contributed by atoms with Crippen LogP contribution >= 0.6 is 0 Å². The molecule has 2 amide bonds. The van der Waals surface area contributed by atoms with Gasteiger partial charge >= 0.3 is 17.9 Å². The second-order valence-corrected chi connectivity index (χ2v) is 19.4. The molecule has 9 atom stereocenters. The van der Waals surface area contributed by atoms with E-state index in [1.807, 2.05) is 0 Å². The predicted molar refractivity (Wildman–Crippen MR) is 198 cm³/mol. The van der Waals surface area contributed by atoms with Crippen molar-refractivity contribution < 1.29 is 38.9 Å². The topological polar surface area (TPSA) is 159 Å². The first-order valence-corrected chi connectivity index (χ1v) is 20.1. The van der Waals surface area contributed by atoms with E-state index in [0.717, 1.165) is 64.2 Å². The Hall–Kier alpha value is -2.91. The molecule has 52 heavy (non-hydrogen) atoms. The van der Waals surface area contributed by atoms with Crippen molar-refractivity contribution in [2.75, 3.05) is 6.54 Å². The van der Waals surface area contributed by atoms with Gasteiger partial charge in [0.25, 0.3) is 0 Å². The van der Waals surface area contributed by atoms with Gasteiger partial charge in [-0.05, 0) is 123 Å². The van der Waals surface area contributed by atoms with Crippen molar-refractivity contribution in [3.05, 3.63) is 11.6 Å². The van der Waals surface area contributed by atoms with Gasteiger partial charge in [-0.1, -0.05) is 60.1 Å². The first-order valence-electron chi connectivity index (χ1n) is 20.1. The molecule has 3 unspecified atom stereocenters. The van der Waals surface area contributed by atoms with Crippen LogP contribution in [0.4, 0.5) is 0 Å². The van der Waals surface area contributed by atoms with Gasteiger partial charge in [0.2, 0.25) is 11.8 Å². The van der Waals surface area contributed by atoms with Crippen LogP contribution in [0, 0.1) is 50.2 Å². The highest BCUT2D eigenvalue weighted by atomic mass is 16.5. The summed E-state index contributed by atoms with van der Waals surface area (Å²) in [4.78, 5) is 61.5. The van der Waals surface area contributed by atoms with Gasteiger partial charge in [-0.2, -0.15) is 0 Å². The maximum Gasteiger partial charge on any atom is 0.325 e. The molecule has 0 bridgehead atoms. The van der Waals surface area contributed by atoms with Gasteiger partial charge in [0.1, 0.15) is 12.1 Å². The maximum atomic E-state index is 14.3. The highest BCUT2D eigenvalue weighted by Crippen LogP contribution is 2.75. The summed E-state index contributed by atoms with van der Waals surface area (Å²) in [5.41, 5.74) is 1.03. The zero-order chi connectivity index (χ0) is 38.5. The lowest BCUT2D eigenvalue weighted by Crippen LogP contribution is -2.65. The summed E-state index contributed by atoms with van der Waals surface area (Å²) in [6.45, 7) is 18.6. The molecular weight excluding hydrogens is 660 g/mol. The fourth-order valence-electron chi connectivity index (χ4n) is 12.4. The van der Waals surface area contributed by atoms with Crippen LogP contribution in [0.5, 0.6) is 0 Å². The van der Waals surface area contributed by atoms with Gasteiger partial charge in [0.15, 0.2) is 0 Å². The zero-order valence-electron chi connectivity index (χ0n) is 33.1. The lowest BCUT2D eigenvalue weighted by molar-refractivity contribution is -0.213. The van der Waals surface area contributed by atoms with Crippen molar-refractivity contribution in [2.45, 2.75) is 164 Å². The minimum absolute atomic E-state index is 0.0281. The van der Waals surface area contributed by atoms with E-state index in [2.05, 4.69) is 65.2 Å². The van der Waals surface area contributed by atoms with Crippen LogP contribution in [-0.4, -0.2) is 58.6 Å². The molecule has 0 saturated heterocycles. The third kappa shape index (κ3) is 7.05. The number of ether oxygens (including phenoxy) is 1. The predicted octanol–water partition coefficient (Wildman–Crippen LogP) is 7.44. The number of allylic oxidation sites excluding steroid dienone is 2. The van der Waals surface area contributed by atoms with Gasteiger partial charge < -0.3 is 25.6 Å². The molecule has 0 heterocycles. The number of amides is 2. The molecule has 10 heteroatoms. The van der Waals surface area contributed by atoms with Crippen LogP contribution in [0.2, 0.25) is 0 Å². The van der Waals surface area contributed by atoms with Gasteiger partial charge in [-0.3, -0.25) is 24.0 Å². The van der Waals surface area contributed by atoms with Crippen molar-refractivity contribution in [1.82, 2.24) is 10.6 Å². The highest BCUT2D eigenvalue weighted by Gasteiger charge is 2.69. The van der Waals surface area contributed by atoms with Crippen molar-refractivity contribution in [3.8, 4) is 0 Å². The monoisotopic (exact) mass is 726 g/mol. The zero-order valence-corrected chi connectivity index (χ0v) is 33.1. The minimum atomic E-state index is -1.07. The number of rotatable bonds is 12. The number of esters is 1. The lowest BCUT2D eigenvalue weighted by Gasteiger charge is -2.71. The van der Waals surface area contributed by atoms with E-state index in [9.17, 15) is 24.0 Å². The molecule has 292 valence electrons. The number of carboxylic acid groups (broad SMARTS) is 2. The van der Waals surface area contributed by atoms with E-state index in [0.29, 0.717) is 31.2 Å². The molecule has 4 fully saturated rings. The molecule has 0 aromatic carbocycles. The number of fused-ring (bicyclic) bond motifs is 7. The van der Waals surface area contributed by atoms with Crippen LogP contribution in [-0.2, 0) is 28.7 Å². The van der Waals surface area contributed by atoms with E-state index in [-0.39, 0.29) is 76.1 Å². The summed E-state index contributed by atoms with van der Waals surface area (Å²) >= 11 is 0. The van der Waals surface area contributed by atoms with Crippen LogP contribution < -0.4 is 10.6 Å². The Labute approximate surface area is 311 Å². The summed E-state index contributed by atoms with van der Waals surface area (Å²) in [6, 6.07) is -0.943. The van der Waals surface area contributed by atoms with Gasteiger partial charge in [-0.25, -0.2) is 0 Å². The Morgan fingerprint density at radius 1 is 0.846 bits per heavy atom. The van der Waals surface area contributed by atoms with Gasteiger partial charge in [0, 0.05) is 31.2 Å². The Kier molecular flexibility index (Phi) is 11.1. The smallest absolute Gasteiger partial charge is 0.325 e. The average Bonchev–Trinajstić information content (AvgIpc) is 3.04. The Morgan fingerprint density at radius 3 is 2.21 bits per heavy atom. The standard InChI is InChI=1S/C42H66N2O8/c1-26(35(49)50)44-32(45)11-10-24-43-36(51)42-22-20-37(2,3)25-28(42)27-14-15-30-39(6)18-17-31(52-34(48)13-9-12-33(46)47)38(4,5)29(39)16-19-41(30,8)40(27,7)21-23-42/h14,26,28-31H,9-13,15-25H2,1-8H3,(H,43,51)(H,44,45)(H,46,47)(H,49,50)/t26-,28?,29?,30?,31-,39-,40+,41+,42-/m0/s1. The Morgan fingerprint density at radius 2 is 1.54 bits per heavy atom. The van der Waals surface area contributed by atoms with E-state index in [4.69, 9.17) is 14.9 Å². The maximum absolute atomic E-state index is 14.3. The summed E-state index contributed by atoms with van der Waals surface area (Å²) in [6.07, 6.45) is 13.0. The summed E-state index contributed by atoms with van der Waals surface area (Å²) < 4.78 is 6.11. The molecule has 0 spiro atoms. The van der Waals surface area contributed by atoms with Gasteiger partial charge in [0.05, 0.1) is 5.41 Å². The SMILES string of the molecule is C[C@H](NC(=O)CCCNC(=O)[C@]12CCC(C)(C)CC1C1=CCC3[C@@]4(C)CC[C@H](OC(=O)CCCC(=O)O)C(C)(C)C4CC[C@@]3(C)[C@]1(C)CC2)C(=O)O. The number of hydrogen-bond donors (Lipinski definition) is 4. The fourth-order valence-corrected chi connectivity index (χ4v) is 12.4. The first-order chi connectivity index (χ1) is 24.1. The van der Waals surface area contributed by atoms with E-state index >= 15 is 0 Å². The Bertz CT molecular complexity index is 1470. The minimum Gasteiger partial charge on any atom is -0.481 e. The largest absolute Gasteiger partial charge is 0.481 e. The number of nitrogens with one attached hydrogen (secondary N) is 2. The van der Waals surface area contributed by atoms with Crippen molar-refractivity contribution in [3.63, 3.8) is 0 Å². The molecule has 0 aromatic rings. The summed E-state index contributed by atoms with van der Waals surface area (Å²) in [5, 5.41) is 23.8. The van der Waals surface area contributed by atoms with Crippen LogP contribution in [0.25, 0.3) is 0 Å². The second kappa shape index (κ2) is 14.4. The van der Waals surface area contributed by atoms with E-state index < -0.39 is 23.4 Å². The highest BCUT2D eigenvalue weighted by molar-refractivity contribution is 5.85. The van der Waals surface area contributed by atoms with Gasteiger partial charge in [-0.15, -0.1) is 0 Å². The quantitative estimate of drug-likeness (QED) is 0.0918. The van der Waals surface area contributed by atoms with Crippen LogP contribution in [0.1, 0.15) is 152 Å². The lowest BCUT2D eigenvalue weighted by atomic mass is 9.33. The molecule has 4 N–H and O–H groups in total. The summed E-state index contributed by atoms with van der Waals surface area (Å²) in [7, 11) is 0. The molecule has 10 nitrogen and oxygen atoms in total. The molecule has 4 saturated carbocycles. The Balaban J connectivity index is 1.34. The molecule has 5 aliphatic carbocycles. The normalized spacial score (nSPS) is 37.7. The van der Waals surface area contributed by atoms with E-state index in [1.54, 1.807) is 0 Å². The molecule has 5 aliphatic rings. The van der Waals surface area contributed by atoms with E-state index in [1.165, 1.54) is 12.5 Å². The van der Waals surface area contributed by atoms with Crippen LogP contribution in [0.15, 0.2) is 11.6 Å². The average molecular weight is 727 g/mol. The van der Waals surface area contributed by atoms with Crippen LogP contribution in [0.3, 0.4) is 0 Å². The third-order valence-electron chi connectivity index (χ3n) is 15.7. The second-order valence-electron chi connectivity index (χ2n) is 19.4. The molecular formula is C42H66N2O8. The first kappa shape index (κ1) is 40.3. The molecule has 0 aromatic heterocycles. The molecule has 0 aliphatic heterocycles. The van der Waals surface area contributed by atoms with Crippen molar-refractivity contribution >= 4 is 29.7 Å². The number of carbonyl (C=O) groups excluding carboxylic acids is 3. The summed E-state index contributed by atoms with van der Waals surface area (Å²) in [5.74, 6) is -1.46. The fraction of sp³-hybridized carbons (Fsp3) is 0.833. The number of carbonyl (C=O) groups is 5. The van der Waals surface area contributed by atoms with Crippen molar-refractivity contribution in [2.24, 2.45) is 50.2 Å². The van der Waals surface area contributed by atoms with Crippen molar-refractivity contribution in [1.29, 1.82) is 0 Å².